The minimum atomic E-state index is -0.443. The first-order valence-electron chi connectivity index (χ1n) is 6.26. The van der Waals surface area contributed by atoms with E-state index < -0.39 is 4.92 Å². The van der Waals surface area contributed by atoms with Gasteiger partial charge >= 0.3 is 5.69 Å². The summed E-state index contributed by atoms with van der Waals surface area (Å²) >= 11 is 0. The van der Waals surface area contributed by atoms with Crippen LogP contribution in [0.25, 0.3) is 10.9 Å². The van der Waals surface area contributed by atoms with E-state index in [9.17, 15) is 10.1 Å². The Hall–Kier alpha value is -3.09. The number of rotatable bonds is 4. The molecule has 0 fully saturated rings. The van der Waals surface area contributed by atoms with Crippen LogP contribution in [-0.2, 0) is 6.54 Å². The van der Waals surface area contributed by atoms with E-state index >= 15 is 0 Å². The third-order valence-corrected chi connectivity index (χ3v) is 3.04. The quantitative estimate of drug-likeness (QED) is 0.583. The Labute approximate surface area is 119 Å². The first-order valence-corrected chi connectivity index (χ1v) is 6.26. The Morgan fingerprint density at radius 1 is 1.19 bits per heavy atom. The molecule has 1 aromatic carbocycles. The van der Waals surface area contributed by atoms with Crippen molar-refractivity contribution in [1.82, 2.24) is 15.0 Å². The van der Waals surface area contributed by atoms with Crippen molar-refractivity contribution in [3.8, 4) is 0 Å². The highest BCUT2D eigenvalue weighted by molar-refractivity contribution is 5.95. The normalized spacial score (nSPS) is 10.5. The van der Waals surface area contributed by atoms with E-state index in [4.69, 9.17) is 0 Å². The van der Waals surface area contributed by atoms with Gasteiger partial charge < -0.3 is 5.32 Å². The van der Waals surface area contributed by atoms with Crippen LogP contribution in [0.4, 0.5) is 11.4 Å². The summed E-state index contributed by atoms with van der Waals surface area (Å²) in [6, 6.07) is 9.04. The molecule has 0 spiro atoms. The summed E-state index contributed by atoms with van der Waals surface area (Å²) in [6.45, 7) is 0.372. The maximum Gasteiger partial charge on any atom is 0.311 e. The lowest BCUT2D eigenvalue weighted by molar-refractivity contribution is -0.384. The Bertz CT molecular complexity index is 792. The van der Waals surface area contributed by atoms with Crippen molar-refractivity contribution in [2.45, 2.75) is 6.54 Å². The molecule has 0 bridgehead atoms. The van der Waals surface area contributed by atoms with Gasteiger partial charge in [0.05, 0.1) is 22.7 Å². The van der Waals surface area contributed by atoms with Crippen LogP contribution in [0.1, 0.15) is 5.69 Å². The standard InChI is InChI=1S/C14H11N5O2/c20-19(21)13-8-16-12-4-2-1-3-11(12)14(13)17-7-10-5-6-15-9-18-10/h1-6,8-9H,7H2,(H,16,17). The Balaban J connectivity index is 2.02. The second kappa shape index (κ2) is 5.49. The Morgan fingerprint density at radius 2 is 2.05 bits per heavy atom. The van der Waals surface area contributed by atoms with Gasteiger partial charge in [-0.15, -0.1) is 0 Å². The van der Waals surface area contributed by atoms with E-state index in [0.717, 1.165) is 5.69 Å². The van der Waals surface area contributed by atoms with Crippen molar-refractivity contribution in [2.75, 3.05) is 5.32 Å². The molecule has 2 aromatic heterocycles. The number of aromatic nitrogens is 3. The molecule has 7 heteroatoms. The van der Waals surface area contributed by atoms with E-state index in [1.807, 2.05) is 18.2 Å². The molecule has 0 radical (unpaired) electrons. The molecular weight excluding hydrogens is 270 g/mol. The largest absolute Gasteiger partial charge is 0.373 e. The van der Waals surface area contributed by atoms with Crippen LogP contribution in [0, 0.1) is 10.1 Å². The van der Waals surface area contributed by atoms with Crippen LogP contribution in [-0.4, -0.2) is 19.9 Å². The van der Waals surface area contributed by atoms with Gasteiger partial charge in [0.2, 0.25) is 0 Å². The number of hydrogen-bond donors (Lipinski definition) is 1. The lowest BCUT2D eigenvalue weighted by Gasteiger charge is -2.09. The lowest BCUT2D eigenvalue weighted by atomic mass is 10.1. The van der Waals surface area contributed by atoms with E-state index in [2.05, 4.69) is 20.3 Å². The van der Waals surface area contributed by atoms with Gasteiger partial charge in [-0.1, -0.05) is 18.2 Å². The molecule has 2 heterocycles. The molecule has 104 valence electrons. The predicted molar refractivity (Wildman–Crippen MR) is 77.8 cm³/mol. The van der Waals surface area contributed by atoms with Crippen LogP contribution in [0.15, 0.2) is 49.1 Å². The second-order valence-corrected chi connectivity index (χ2v) is 4.35. The summed E-state index contributed by atoms with van der Waals surface area (Å²) in [5.41, 5.74) is 1.85. The molecule has 0 amide bonds. The third kappa shape index (κ3) is 2.62. The number of benzene rings is 1. The average Bonchev–Trinajstić information content (AvgIpc) is 2.53. The van der Waals surface area contributed by atoms with Gasteiger partial charge in [-0.2, -0.15) is 0 Å². The second-order valence-electron chi connectivity index (χ2n) is 4.35. The summed E-state index contributed by atoms with van der Waals surface area (Å²) in [5.74, 6) is 0. The molecule has 0 unspecified atom stereocenters. The fraction of sp³-hybridized carbons (Fsp3) is 0.0714. The van der Waals surface area contributed by atoms with E-state index in [-0.39, 0.29) is 5.69 Å². The Morgan fingerprint density at radius 3 is 2.81 bits per heavy atom. The highest BCUT2D eigenvalue weighted by Crippen LogP contribution is 2.31. The van der Waals surface area contributed by atoms with Gasteiger partial charge in [-0.25, -0.2) is 15.0 Å². The summed E-state index contributed by atoms with van der Waals surface area (Å²) < 4.78 is 0. The molecule has 7 nitrogen and oxygen atoms in total. The Kier molecular flexibility index (Phi) is 3.38. The molecule has 1 N–H and O–H groups in total. The van der Waals surface area contributed by atoms with Gasteiger partial charge in [0, 0.05) is 11.6 Å². The van der Waals surface area contributed by atoms with Crippen LogP contribution < -0.4 is 5.32 Å². The summed E-state index contributed by atoms with van der Waals surface area (Å²) in [7, 11) is 0. The highest BCUT2D eigenvalue weighted by Gasteiger charge is 2.17. The molecule has 0 aliphatic carbocycles. The number of pyridine rings is 1. The smallest absolute Gasteiger partial charge is 0.311 e. The average molecular weight is 281 g/mol. The van der Waals surface area contributed by atoms with Crippen molar-refractivity contribution in [1.29, 1.82) is 0 Å². The number of hydrogen-bond acceptors (Lipinski definition) is 6. The molecule has 0 aliphatic rings. The van der Waals surface area contributed by atoms with Gasteiger partial charge in [0.1, 0.15) is 18.2 Å². The third-order valence-electron chi connectivity index (χ3n) is 3.04. The van der Waals surface area contributed by atoms with Crippen molar-refractivity contribution >= 4 is 22.3 Å². The fourth-order valence-corrected chi connectivity index (χ4v) is 2.06. The maximum atomic E-state index is 11.2. The fourth-order valence-electron chi connectivity index (χ4n) is 2.06. The van der Waals surface area contributed by atoms with Gasteiger partial charge in [0.15, 0.2) is 0 Å². The minimum Gasteiger partial charge on any atom is -0.373 e. The highest BCUT2D eigenvalue weighted by atomic mass is 16.6. The monoisotopic (exact) mass is 281 g/mol. The SMILES string of the molecule is O=[N+]([O-])c1cnc2ccccc2c1NCc1ccncn1. The van der Waals surface area contributed by atoms with E-state index in [0.29, 0.717) is 23.1 Å². The molecular formula is C14H11N5O2. The number of nitrogens with zero attached hydrogens (tertiary/aromatic N) is 4. The molecule has 3 rings (SSSR count). The summed E-state index contributed by atoms with van der Waals surface area (Å²) in [5, 5.41) is 15.0. The molecule has 21 heavy (non-hydrogen) atoms. The number of para-hydroxylation sites is 1. The predicted octanol–water partition coefficient (Wildman–Crippen LogP) is 2.55. The van der Waals surface area contributed by atoms with E-state index in [1.165, 1.54) is 12.5 Å². The maximum absolute atomic E-state index is 11.2. The zero-order chi connectivity index (χ0) is 14.7. The minimum absolute atomic E-state index is 0.0530. The zero-order valence-electron chi connectivity index (χ0n) is 10.9. The summed E-state index contributed by atoms with van der Waals surface area (Å²) in [4.78, 5) is 22.8. The van der Waals surface area contributed by atoms with E-state index in [1.54, 1.807) is 18.3 Å². The van der Waals surface area contributed by atoms with Crippen molar-refractivity contribution < 1.29 is 4.92 Å². The molecule has 0 aliphatic heterocycles. The first-order chi connectivity index (χ1) is 10.3. The van der Waals surface area contributed by atoms with Gasteiger partial charge in [-0.3, -0.25) is 10.1 Å². The number of nitrogens with one attached hydrogen (secondary N) is 1. The molecule has 0 saturated carbocycles. The number of nitro groups is 1. The van der Waals surface area contributed by atoms with Crippen LogP contribution >= 0.6 is 0 Å². The molecule has 3 aromatic rings. The molecule has 0 atom stereocenters. The zero-order valence-corrected chi connectivity index (χ0v) is 10.9. The topological polar surface area (TPSA) is 93.8 Å². The number of fused-ring (bicyclic) bond motifs is 1. The van der Waals surface area contributed by atoms with Crippen molar-refractivity contribution in [3.63, 3.8) is 0 Å². The first kappa shape index (κ1) is 12.9. The van der Waals surface area contributed by atoms with Crippen molar-refractivity contribution in [3.05, 3.63) is 64.9 Å². The van der Waals surface area contributed by atoms with Gasteiger partial charge in [-0.05, 0) is 12.1 Å². The molecule has 0 saturated heterocycles. The lowest BCUT2D eigenvalue weighted by Crippen LogP contribution is -2.05. The van der Waals surface area contributed by atoms with Crippen molar-refractivity contribution in [2.24, 2.45) is 0 Å². The summed E-state index contributed by atoms with van der Waals surface area (Å²) in [6.07, 6.45) is 4.34. The van der Waals surface area contributed by atoms with Crippen LogP contribution in [0.2, 0.25) is 0 Å². The van der Waals surface area contributed by atoms with Crippen LogP contribution in [0.3, 0.4) is 0 Å². The van der Waals surface area contributed by atoms with Crippen LogP contribution in [0.5, 0.6) is 0 Å². The number of anilines is 1. The van der Waals surface area contributed by atoms with Gasteiger partial charge in [0.25, 0.3) is 0 Å².